The maximum absolute atomic E-state index is 2.77. The van der Waals surface area contributed by atoms with Crippen molar-refractivity contribution in [3.05, 3.63) is 0 Å². The molecule has 0 aromatic heterocycles. The van der Waals surface area contributed by atoms with Crippen LogP contribution in [0.2, 0.25) is 0 Å². The van der Waals surface area contributed by atoms with Gasteiger partial charge in [-0.3, -0.25) is 0 Å². The zero-order valence-corrected chi connectivity index (χ0v) is 23.2. The van der Waals surface area contributed by atoms with Crippen LogP contribution in [0.25, 0.3) is 0 Å². The SMILES string of the molecule is CC.CC.CC(C)CCCC(C)C1CCC2C1CCC1C3(C)CCCCC3CCC21C. The number of hydrogen-bond acceptors (Lipinski definition) is 0. The summed E-state index contributed by atoms with van der Waals surface area (Å²) in [5, 5.41) is 0. The van der Waals surface area contributed by atoms with Crippen LogP contribution in [0.3, 0.4) is 0 Å². The molecule has 4 aliphatic rings. The van der Waals surface area contributed by atoms with Crippen LogP contribution in [-0.2, 0) is 0 Å². The van der Waals surface area contributed by atoms with Gasteiger partial charge in [-0.2, -0.15) is 0 Å². The van der Waals surface area contributed by atoms with Crippen molar-refractivity contribution >= 4 is 0 Å². The molecule has 0 bridgehead atoms. The van der Waals surface area contributed by atoms with Crippen molar-refractivity contribution in [2.24, 2.45) is 52.3 Å². The molecule has 31 heavy (non-hydrogen) atoms. The van der Waals surface area contributed by atoms with E-state index in [4.69, 9.17) is 0 Å². The Labute approximate surface area is 198 Å². The van der Waals surface area contributed by atoms with Gasteiger partial charge in [0.1, 0.15) is 0 Å². The van der Waals surface area contributed by atoms with E-state index in [1.54, 1.807) is 51.4 Å². The molecule has 0 aliphatic heterocycles. The molecule has 4 aliphatic carbocycles. The minimum atomic E-state index is 0.678. The van der Waals surface area contributed by atoms with E-state index in [0.29, 0.717) is 10.8 Å². The smallest absolute Gasteiger partial charge is 0.0261 e. The topological polar surface area (TPSA) is 0 Å². The van der Waals surface area contributed by atoms with E-state index in [-0.39, 0.29) is 0 Å². The van der Waals surface area contributed by atoms with Crippen LogP contribution in [0.15, 0.2) is 0 Å². The molecule has 4 saturated carbocycles. The molecule has 184 valence electrons. The van der Waals surface area contributed by atoms with Crippen molar-refractivity contribution in [3.63, 3.8) is 0 Å². The predicted molar refractivity (Wildman–Crippen MR) is 140 cm³/mol. The fraction of sp³-hybridized carbons (Fsp3) is 1.00. The maximum Gasteiger partial charge on any atom is -0.0261 e. The minimum absolute atomic E-state index is 0.678. The van der Waals surface area contributed by atoms with Crippen molar-refractivity contribution in [2.45, 2.75) is 146 Å². The van der Waals surface area contributed by atoms with Crippen molar-refractivity contribution in [2.75, 3.05) is 0 Å². The second-order valence-electron chi connectivity index (χ2n) is 12.4. The number of hydrogen-bond donors (Lipinski definition) is 0. The van der Waals surface area contributed by atoms with Gasteiger partial charge in [-0.25, -0.2) is 0 Å². The first-order valence-electron chi connectivity index (χ1n) is 14.9. The second kappa shape index (κ2) is 11.9. The summed E-state index contributed by atoms with van der Waals surface area (Å²) in [5.74, 6) is 7.15. The summed E-state index contributed by atoms with van der Waals surface area (Å²) >= 11 is 0. The van der Waals surface area contributed by atoms with Crippen LogP contribution in [0.5, 0.6) is 0 Å². The van der Waals surface area contributed by atoms with Gasteiger partial charge in [-0.1, -0.05) is 94.4 Å². The molecule has 4 fully saturated rings. The second-order valence-corrected chi connectivity index (χ2v) is 12.4. The van der Waals surface area contributed by atoms with Crippen LogP contribution >= 0.6 is 0 Å². The van der Waals surface area contributed by atoms with Gasteiger partial charge < -0.3 is 0 Å². The number of fused-ring (bicyclic) bond motifs is 5. The van der Waals surface area contributed by atoms with Crippen LogP contribution < -0.4 is 0 Å². The largest absolute Gasteiger partial charge is 0.0683 e. The average Bonchev–Trinajstić information content (AvgIpc) is 3.21. The van der Waals surface area contributed by atoms with Crippen molar-refractivity contribution in [3.8, 4) is 0 Å². The van der Waals surface area contributed by atoms with E-state index in [9.17, 15) is 0 Å². The Morgan fingerprint density at radius 1 is 0.710 bits per heavy atom. The zero-order chi connectivity index (χ0) is 23.2. The Kier molecular flexibility index (Phi) is 10.5. The molecule has 0 spiro atoms. The Morgan fingerprint density at radius 2 is 1.42 bits per heavy atom. The number of rotatable bonds is 5. The molecule has 0 heterocycles. The van der Waals surface area contributed by atoms with Crippen LogP contribution in [0.1, 0.15) is 146 Å². The van der Waals surface area contributed by atoms with E-state index in [1.807, 2.05) is 27.7 Å². The quantitative estimate of drug-likeness (QED) is 0.405. The first kappa shape index (κ1) is 27.2. The van der Waals surface area contributed by atoms with Crippen LogP contribution in [-0.4, -0.2) is 0 Å². The molecule has 8 unspecified atom stereocenters. The third-order valence-electron chi connectivity index (χ3n) is 10.8. The van der Waals surface area contributed by atoms with Gasteiger partial charge in [0.15, 0.2) is 0 Å². The first-order chi connectivity index (χ1) is 14.9. The fourth-order valence-corrected chi connectivity index (χ4v) is 9.34. The summed E-state index contributed by atoms with van der Waals surface area (Å²) < 4.78 is 0. The highest BCUT2D eigenvalue weighted by Gasteiger charge is 2.61. The summed E-state index contributed by atoms with van der Waals surface area (Å²) in [5.41, 5.74) is 1.37. The van der Waals surface area contributed by atoms with E-state index in [1.165, 1.54) is 32.1 Å². The molecule has 0 aromatic carbocycles. The lowest BCUT2D eigenvalue weighted by molar-refractivity contribution is -0.143. The standard InChI is InChI=1S/C27H48.2C2H6/c1-19(2)9-8-10-20(3)22-12-14-24-23(22)13-15-25-26(4)17-7-6-11-21(26)16-18-27(24,25)5;2*1-2/h19-25H,6-18H2,1-5H3;2*1-2H3. The summed E-state index contributed by atoms with van der Waals surface area (Å²) in [6, 6.07) is 0. The molecule has 0 nitrogen and oxygen atoms in total. The van der Waals surface area contributed by atoms with Gasteiger partial charge in [0.05, 0.1) is 0 Å². The molecule has 8 atom stereocenters. The Bertz CT molecular complexity index is 506. The van der Waals surface area contributed by atoms with Crippen molar-refractivity contribution in [1.29, 1.82) is 0 Å². The molecule has 0 saturated heterocycles. The molecule has 0 heteroatoms. The molecule has 0 aromatic rings. The van der Waals surface area contributed by atoms with E-state index in [2.05, 4.69) is 34.6 Å². The predicted octanol–water partition coefficient (Wildman–Crippen LogP) is 10.6. The molecule has 0 N–H and O–H groups in total. The van der Waals surface area contributed by atoms with Gasteiger partial charge >= 0.3 is 0 Å². The fourth-order valence-electron chi connectivity index (χ4n) is 9.34. The first-order valence-corrected chi connectivity index (χ1v) is 14.9. The average molecular weight is 433 g/mol. The Morgan fingerprint density at radius 3 is 2.10 bits per heavy atom. The van der Waals surface area contributed by atoms with E-state index >= 15 is 0 Å². The van der Waals surface area contributed by atoms with Crippen LogP contribution in [0.4, 0.5) is 0 Å². The highest BCUT2D eigenvalue weighted by molar-refractivity contribution is 5.10. The van der Waals surface area contributed by atoms with Gasteiger partial charge in [-0.05, 0) is 104 Å². The summed E-state index contributed by atoms with van der Waals surface area (Å²) in [7, 11) is 0. The molecular weight excluding hydrogens is 372 g/mol. The van der Waals surface area contributed by atoms with Crippen molar-refractivity contribution in [1.82, 2.24) is 0 Å². The summed E-state index contributed by atoms with van der Waals surface area (Å²) in [4.78, 5) is 0. The lowest BCUT2D eigenvalue weighted by Gasteiger charge is -2.63. The van der Waals surface area contributed by atoms with Gasteiger partial charge in [0.2, 0.25) is 0 Å². The normalized spacial score (nSPS) is 42.2. The third-order valence-corrected chi connectivity index (χ3v) is 10.8. The summed E-state index contributed by atoms with van der Waals surface area (Å²) in [6.07, 6.45) is 19.9. The van der Waals surface area contributed by atoms with Gasteiger partial charge in [0.25, 0.3) is 0 Å². The Hall–Kier alpha value is 0. The highest BCUT2D eigenvalue weighted by Crippen LogP contribution is 2.69. The molecule has 0 radical (unpaired) electrons. The maximum atomic E-state index is 2.77. The van der Waals surface area contributed by atoms with Gasteiger partial charge in [-0.15, -0.1) is 0 Å². The zero-order valence-electron chi connectivity index (χ0n) is 23.2. The van der Waals surface area contributed by atoms with E-state index in [0.717, 1.165) is 41.4 Å². The molecular formula is C31H60. The van der Waals surface area contributed by atoms with E-state index < -0.39 is 0 Å². The summed E-state index contributed by atoms with van der Waals surface area (Å²) in [6.45, 7) is 20.9. The molecule has 0 amide bonds. The lowest BCUT2D eigenvalue weighted by Crippen LogP contribution is -2.55. The third kappa shape index (κ3) is 5.40. The van der Waals surface area contributed by atoms with Crippen LogP contribution in [0, 0.1) is 52.3 Å². The monoisotopic (exact) mass is 432 g/mol. The molecule has 4 rings (SSSR count). The Balaban J connectivity index is 0.000000807. The highest BCUT2D eigenvalue weighted by atomic mass is 14.7. The lowest BCUT2D eigenvalue weighted by atomic mass is 9.41. The minimum Gasteiger partial charge on any atom is -0.0683 e. The van der Waals surface area contributed by atoms with Crippen molar-refractivity contribution < 1.29 is 0 Å². The van der Waals surface area contributed by atoms with Gasteiger partial charge in [0, 0.05) is 0 Å².